The Kier molecular flexibility index (Phi) is 3.16. The summed E-state index contributed by atoms with van der Waals surface area (Å²) in [6.45, 7) is 3.63. The number of hydrogen-bond donors (Lipinski definition) is 2. The largest absolute Gasteiger partial charge is 0.389 e. The highest BCUT2D eigenvalue weighted by atomic mass is 16.5. The number of aliphatic hydroxyl groups is 1. The molecule has 0 bridgehead atoms. The number of ether oxygens (including phenoxy) is 1. The van der Waals surface area contributed by atoms with Crippen LogP contribution >= 0.6 is 0 Å². The molecule has 0 radical (unpaired) electrons. The standard InChI is InChI=1S/C12H22N2O2/c15-12-8-16-7-11(12)13-9-3-5-14(6-4-9)10-1-2-10/h9-13,15H,1-8H2/t11-,12-/m1/s1. The maximum absolute atomic E-state index is 9.67. The van der Waals surface area contributed by atoms with E-state index in [0.29, 0.717) is 19.3 Å². The monoisotopic (exact) mass is 226 g/mol. The molecule has 0 amide bonds. The fourth-order valence-corrected chi connectivity index (χ4v) is 2.88. The second-order valence-electron chi connectivity index (χ2n) is 5.42. The summed E-state index contributed by atoms with van der Waals surface area (Å²) < 4.78 is 5.26. The van der Waals surface area contributed by atoms with Crippen molar-refractivity contribution in [3.63, 3.8) is 0 Å². The smallest absolute Gasteiger partial charge is 0.0948 e. The molecule has 2 N–H and O–H groups in total. The Hall–Kier alpha value is -0.160. The summed E-state index contributed by atoms with van der Waals surface area (Å²) in [5.41, 5.74) is 0. The summed E-state index contributed by atoms with van der Waals surface area (Å²) in [6.07, 6.45) is 4.96. The van der Waals surface area contributed by atoms with E-state index < -0.39 is 0 Å². The molecule has 3 fully saturated rings. The minimum absolute atomic E-state index is 0.164. The number of aliphatic hydroxyl groups excluding tert-OH is 1. The zero-order valence-corrected chi connectivity index (χ0v) is 9.77. The van der Waals surface area contributed by atoms with E-state index in [2.05, 4.69) is 10.2 Å². The highest BCUT2D eigenvalue weighted by Crippen LogP contribution is 2.29. The molecule has 1 saturated carbocycles. The van der Waals surface area contributed by atoms with Crippen molar-refractivity contribution in [3.8, 4) is 0 Å². The van der Waals surface area contributed by atoms with Crippen LogP contribution in [-0.2, 0) is 4.74 Å². The second kappa shape index (κ2) is 4.61. The van der Waals surface area contributed by atoms with Gasteiger partial charge in [0.15, 0.2) is 0 Å². The predicted molar refractivity (Wildman–Crippen MR) is 61.4 cm³/mol. The van der Waals surface area contributed by atoms with Crippen LogP contribution in [0.1, 0.15) is 25.7 Å². The van der Waals surface area contributed by atoms with Gasteiger partial charge in [-0.15, -0.1) is 0 Å². The average molecular weight is 226 g/mol. The molecule has 2 atom stereocenters. The summed E-state index contributed by atoms with van der Waals surface area (Å²) >= 11 is 0. The quantitative estimate of drug-likeness (QED) is 0.709. The van der Waals surface area contributed by atoms with Gasteiger partial charge in [-0.2, -0.15) is 0 Å². The van der Waals surface area contributed by atoms with E-state index in [9.17, 15) is 5.11 Å². The first kappa shape index (κ1) is 11.0. The van der Waals surface area contributed by atoms with Crippen LogP contribution in [0.5, 0.6) is 0 Å². The van der Waals surface area contributed by atoms with Gasteiger partial charge in [0.05, 0.1) is 25.4 Å². The van der Waals surface area contributed by atoms with Crippen LogP contribution in [0.15, 0.2) is 0 Å². The van der Waals surface area contributed by atoms with E-state index in [4.69, 9.17) is 4.74 Å². The molecule has 92 valence electrons. The summed E-state index contributed by atoms with van der Waals surface area (Å²) in [6, 6.07) is 1.65. The van der Waals surface area contributed by atoms with Crippen LogP contribution in [0.2, 0.25) is 0 Å². The van der Waals surface area contributed by atoms with E-state index in [0.717, 1.165) is 6.04 Å². The molecular weight excluding hydrogens is 204 g/mol. The lowest BCUT2D eigenvalue weighted by Gasteiger charge is -2.34. The third-order valence-electron chi connectivity index (χ3n) is 4.09. The van der Waals surface area contributed by atoms with Gasteiger partial charge in [0.1, 0.15) is 0 Å². The first-order chi connectivity index (χ1) is 7.83. The Balaban J connectivity index is 1.43. The summed E-state index contributed by atoms with van der Waals surface area (Å²) in [7, 11) is 0. The molecule has 2 saturated heterocycles. The van der Waals surface area contributed by atoms with Crippen molar-refractivity contribution in [2.24, 2.45) is 0 Å². The second-order valence-corrected chi connectivity index (χ2v) is 5.42. The first-order valence-corrected chi connectivity index (χ1v) is 6.59. The summed E-state index contributed by atoms with van der Waals surface area (Å²) in [4.78, 5) is 2.62. The fourth-order valence-electron chi connectivity index (χ4n) is 2.88. The molecular formula is C12H22N2O2. The van der Waals surface area contributed by atoms with Gasteiger partial charge >= 0.3 is 0 Å². The number of nitrogens with zero attached hydrogens (tertiary/aromatic N) is 1. The first-order valence-electron chi connectivity index (χ1n) is 6.59. The van der Waals surface area contributed by atoms with E-state index in [1.54, 1.807) is 0 Å². The number of hydrogen-bond acceptors (Lipinski definition) is 4. The molecule has 3 rings (SSSR count). The van der Waals surface area contributed by atoms with Crippen molar-refractivity contribution in [1.29, 1.82) is 0 Å². The Morgan fingerprint density at radius 1 is 1.06 bits per heavy atom. The Labute approximate surface area is 97.0 Å². The molecule has 2 heterocycles. The van der Waals surface area contributed by atoms with E-state index in [1.165, 1.54) is 38.8 Å². The Bertz CT molecular complexity index is 237. The maximum atomic E-state index is 9.67. The molecule has 0 aromatic rings. The van der Waals surface area contributed by atoms with Crippen LogP contribution in [0.4, 0.5) is 0 Å². The van der Waals surface area contributed by atoms with Gasteiger partial charge in [-0.1, -0.05) is 0 Å². The lowest BCUT2D eigenvalue weighted by atomic mass is 10.0. The van der Waals surface area contributed by atoms with Gasteiger partial charge in [0.25, 0.3) is 0 Å². The van der Waals surface area contributed by atoms with Crippen LogP contribution in [0.25, 0.3) is 0 Å². The van der Waals surface area contributed by atoms with E-state index in [-0.39, 0.29) is 12.1 Å². The molecule has 4 heteroatoms. The van der Waals surface area contributed by atoms with Crippen molar-refractivity contribution in [2.75, 3.05) is 26.3 Å². The molecule has 3 aliphatic rings. The third-order valence-corrected chi connectivity index (χ3v) is 4.09. The number of piperidine rings is 1. The van der Waals surface area contributed by atoms with Crippen LogP contribution in [-0.4, -0.2) is 60.5 Å². The summed E-state index contributed by atoms with van der Waals surface area (Å²) in [5.74, 6) is 0. The number of rotatable bonds is 3. The Morgan fingerprint density at radius 3 is 2.38 bits per heavy atom. The van der Waals surface area contributed by atoms with Gasteiger partial charge < -0.3 is 20.1 Å². The highest BCUT2D eigenvalue weighted by Gasteiger charge is 2.33. The lowest BCUT2D eigenvalue weighted by molar-refractivity contribution is 0.117. The van der Waals surface area contributed by atoms with Gasteiger partial charge in [0.2, 0.25) is 0 Å². The minimum Gasteiger partial charge on any atom is -0.389 e. The normalized spacial score (nSPS) is 38.1. The SMILES string of the molecule is O[C@@H]1COC[C@H]1NC1CCN(C2CC2)CC1. The van der Waals surface area contributed by atoms with Gasteiger partial charge in [-0.3, -0.25) is 0 Å². The zero-order valence-electron chi connectivity index (χ0n) is 9.77. The van der Waals surface area contributed by atoms with Gasteiger partial charge in [0, 0.05) is 12.1 Å². The molecule has 0 aromatic carbocycles. The van der Waals surface area contributed by atoms with Crippen LogP contribution < -0.4 is 5.32 Å². The highest BCUT2D eigenvalue weighted by molar-refractivity contribution is 4.91. The van der Waals surface area contributed by atoms with Crippen molar-refractivity contribution in [2.45, 2.75) is 49.9 Å². The zero-order chi connectivity index (χ0) is 11.0. The lowest BCUT2D eigenvalue weighted by Crippen LogP contribution is -2.50. The topological polar surface area (TPSA) is 44.7 Å². The van der Waals surface area contributed by atoms with Crippen molar-refractivity contribution in [3.05, 3.63) is 0 Å². The fraction of sp³-hybridized carbons (Fsp3) is 1.00. The molecule has 0 spiro atoms. The number of likely N-dealkylation sites (tertiary alicyclic amines) is 1. The van der Waals surface area contributed by atoms with E-state index in [1.807, 2.05) is 0 Å². The van der Waals surface area contributed by atoms with Gasteiger partial charge in [-0.05, 0) is 38.8 Å². The molecule has 4 nitrogen and oxygen atoms in total. The molecule has 2 aliphatic heterocycles. The van der Waals surface area contributed by atoms with Crippen molar-refractivity contribution >= 4 is 0 Å². The van der Waals surface area contributed by atoms with Crippen LogP contribution in [0, 0.1) is 0 Å². The van der Waals surface area contributed by atoms with Crippen molar-refractivity contribution < 1.29 is 9.84 Å². The average Bonchev–Trinajstić information content (AvgIpc) is 3.07. The molecule has 16 heavy (non-hydrogen) atoms. The molecule has 0 aromatic heterocycles. The van der Waals surface area contributed by atoms with Crippen LogP contribution in [0.3, 0.4) is 0 Å². The molecule has 1 aliphatic carbocycles. The minimum atomic E-state index is -0.304. The third kappa shape index (κ3) is 2.40. The Morgan fingerprint density at radius 2 is 1.81 bits per heavy atom. The summed E-state index contributed by atoms with van der Waals surface area (Å²) in [5, 5.41) is 13.2. The molecule has 0 unspecified atom stereocenters. The van der Waals surface area contributed by atoms with E-state index >= 15 is 0 Å². The van der Waals surface area contributed by atoms with Crippen molar-refractivity contribution in [1.82, 2.24) is 10.2 Å². The predicted octanol–water partition coefficient (Wildman–Crippen LogP) is -0.0375. The number of nitrogens with one attached hydrogen (secondary N) is 1. The maximum Gasteiger partial charge on any atom is 0.0948 e. The van der Waals surface area contributed by atoms with Gasteiger partial charge in [-0.25, -0.2) is 0 Å².